The average Bonchev–Trinajstić information content (AvgIpc) is 3.11. The number of nitrogens with zero attached hydrogens (tertiary/aromatic N) is 4. The lowest BCUT2D eigenvalue weighted by Gasteiger charge is -2.38. The summed E-state index contributed by atoms with van der Waals surface area (Å²) < 4.78 is 25.9. The van der Waals surface area contributed by atoms with Crippen molar-refractivity contribution in [2.75, 3.05) is 50.4 Å². The highest BCUT2D eigenvalue weighted by molar-refractivity contribution is 7.88. The van der Waals surface area contributed by atoms with E-state index in [1.165, 1.54) is 15.3 Å². The number of para-hydroxylation sites is 1. The molecule has 3 heterocycles. The number of hydrogen-bond acceptors (Lipinski definition) is 6. The Morgan fingerprint density at radius 3 is 2.37 bits per heavy atom. The van der Waals surface area contributed by atoms with Gasteiger partial charge in [-0.1, -0.05) is 23.5 Å². The van der Waals surface area contributed by atoms with Crippen LogP contribution in [0.2, 0.25) is 0 Å². The maximum atomic E-state index is 12.8. The van der Waals surface area contributed by atoms with Crippen molar-refractivity contribution in [3.63, 3.8) is 0 Å². The highest BCUT2D eigenvalue weighted by Crippen LogP contribution is 2.29. The third-order valence-corrected chi connectivity index (χ3v) is 7.82. The van der Waals surface area contributed by atoms with Gasteiger partial charge in [0, 0.05) is 45.2 Å². The highest BCUT2D eigenvalue weighted by Gasteiger charge is 2.33. The average molecular weight is 409 g/mol. The number of thiazole rings is 1. The molecular weight excluding hydrogens is 384 g/mol. The molecule has 0 bridgehead atoms. The van der Waals surface area contributed by atoms with Crippen LogP contribution in [0.4, 0.5) is 5.13 Å². The molecular formula is C18H24N4O3S2. The zero-order valence-electron chi connectivity index (χ0n) is 15.4. The minimum absolute atomic E-state index is 0.0583. The molecule has 2 aliphatic rings. The molecule has 0 atom stereocenters. The van der Waals surface area contributed by atoms with Crippen LogP contribution in [-0.4, -0.2) is 74.0 Å². The third kappa shape index (κ3) is 3.95. The summed E-state index contributed by atoms with van der Waals surface area (Å²) in [6, 6.07) is 8.13. The molecule has 0 aliphatic carbocycles. The first-order valence-corrected chi connectivity index (χ1v) is 11.9. The molecule has 2 saturated heterocycles. The number of hydrogen-bond donors (Lipinski definition) is 0. The summed E-state index contributed by atoms with van der Waals surface area (Å²) in [7, 11) is -3.15. The number of carbonyl (C=O) groups is 1. The summed E-state index contributed by atoms with van der Waals surface area (Å²) in [5.41, 5.74) is 1.02. The van der Waals surface area contributed by atoms with Gasteiger partial charge in [0.05, 0.1) is 16.5 Å². The zero-order chi connectivity index (χ0) is 19.0. The Morgan fingerprint density at radius 2 is 1.74 bits per heavy atom. The first kappa shape index (κ1) is 18.6. The molecule has 0 spiro atoms. The van der Waals surface area contributed by atoms with Crippen molar-refractivity contribution >= 4 is 42.6 Å². The van der Waals surface area contributed by atoms with Crippen LogP contribution in [0, 0.1) is 5.92 Å². The zero-order valence-corrected chi connectivity index (χ0v) is 17.0. The van der Waals surface area contributed by atoms with Gasteiger partial charge in [-0.2, -0.15) is 0 Å². The lowest BCUT2D eigenvalue weighted by atomic mass is 9.96. The molecule has 27 heavy (non-hydrogen) atoms. The van der Waals surface area contributed by atoms with Gasteiger partial charge in [-0.25, -0.2) is 17.7 Å². The van der Waals surface area contributed by atoms with Crippen molar-refractivity contribution in [1.29, 1.82) is 0 Å². The molecule has 0 N–H and O–H groups in total. The normalized spacial score (nSPS) is 20.3. The van der Waals surface area contributed by atoms with Gasteiger partial charge >= 0.3 is 0 Å². The van der Waals surface area contributed by atoms with Crippen LogP contribution in [0.3, 0.4) is 0 Å². The van der Waals surface area contributed by atoms with Crippen LogP contribution in [-0.2, 0) is 14.8 Å². The molecule has 9 heteroatoms. The quantitative estimate of drug-likeness (QED) is 0.772. The summed E-state index contributed by atoms with van der Waals surface area (Å²) in [6.07, 6.45) is 2.46. The van der Waals surface area contributed by atoms with Gasteiger partial charge in [0.25, 0.3) is 0 Å². The Hall–Kier alpha value is -1.71. The second-order valence-electron chi connectivity index (χ2n) is 7.21. The largest absolute Gasteiger partial charge is 0.345 e. The number of piperidine rings is 1. The fourth-order valence-electron chi connectivity index (χ4n) is 3.81. The Bertz CT molecular complexity index is 894. The number of carbonyl (C=O) groups excluding carboxylic acids is 1. The molecule has 1 amide bonds. The third-order valence-electron chi connectivity index (χ3n) is 5.42. The SMILES string of the molecule is CS(=O)(=O)N1CCC(C(=O)N2CCN(c3nc4ccccc4s3)CC2)CC1. The molecule has 2 aromatic rings. The molecule has 0 saturated carbocycles. The summed E-state index contributed by atoms with van der Waals surface area (Å²) in [5.74, 6) is 0.115. The standard InChI is InChI=1S/C18H24N4O3S2/c1-27(24,25)22-8-6-14(7-9-22)17(23)20-10-12-21(13-11-20)18-19-15-4-2-3-5-16(15)26-18/h2-5,14H,6-13H2,1H3. The number of piperazine rings is 1. The number of fused-ring (bicyclic) bond motifs is 1. The monoisotopic (exact) mass is 408 g/mol. The predicted octanol–water partition coefficient (Wildman–Crippen LogP) is 1.62. The van der Waals surface area contributed by atoms with Gasteiger partial charge in [0.2, 0.25) is 15.9 Å². The number of sulfonamides is 1. The van der Waals surface area contributed by atoms with E-state index in [1.807, 2.05) is 23.1 Å². The van der Waals surface area contributed by atoms with Crippen molar-refractivity contribution < 1.29 is 13.2 Å². The van der Waals surface area contributed by atoms with Crippen LogP contribution < -0.4 is 4.90 Å². The summed E-state index contributed by atoms with van der Waals surface area (Å²) in [6.45, 7) is 3.85. The van der Waals surface area contributed by atoms with E-state index in [0.29, 0.717) is 39.0 Å². The van der Waals surface area contributed by atoms with E-state index in [2.05, 4.69) is 11.0 Å². The first-order valence-electron chi connectivity index (χ1n) is 9.26. The summed E-state index contributed by atoms with van der Waals surface area (Å²) >= 11 is 1.69. The van der Waals surface area contributed by atoms with Crippen LogP contribution >= 0.6 is 11.3 Å². The van der Waals surface area contributed by atoms with E-state index in [1.54, 1.807) is 11.3 Å². The first-order chi connectivity index (χ1) is 12.9. The Labute approximate surface area is 163 Å². The Kier molecular flexibility index (Phi) is 5.09. The van der Waals surface area contributed by atoms with Gasteiger partial charge in [0.1, 0.15) is 0 Å². The Morgan fingerprint density at radius 1 is 1.07 bits per heavy atom. The van der Waals surface area contributed by atoms with E-state index in [-0.39, 0.29) is 11.8 Å². The predicted molar refractivity (Wildman–Crippen MR) is 108 cm³/mol. The van der Waals surface area contributed by atoms with E-state index < -0.39 is 10.0 Å². The lowest BCUT2D eigenvalue weighted by Crippen LogP contribution is -2.52. The smallest absolute Gasteiger partial charge is 0.225 e. The van der Waals surface area contributed by atoms with E-state index >= 15 is 0 Å². The van der Waals surface area contributed by atoms with Crippen LogP contribution in [0.1, 0.15) is 12.8 Å². The van der Waals surface area contributed by atoms with Crippen LogP contribution in [0.5, 0.6) is 0 Å². The number of anilines is 1. The molecule has 4 rings (SSSR count). The maximum Gasteiger partial charge on any atom is 0.225 e. The van der Waals surface area contributed by atoms with E-state index in [9.17, 15) is 13.2 Å². The molecule has 146 valence electrons. The molecule has 0 unspecified atom stereocenters. The molecule has 7 nitrogen and oxygen atoms in total. The van der Waals surface area contributed by atoms with Gasteiger partial charge < -0.3 is 9.80 Å². The topological polar surface area (TPSA) is 73.8 Å². The van der Waals surface area contributed by atoms with Crippen molar-refractivity contribution in [2.45, 2.75) is 12.8 Å². The second kappa shape index (κ2) is 7.37. The molecule has 1 aromatic heterocycles. The van der Waals surface area contributed by atoms with Crippen LogP contribution in [0.25, 0.3) is 10.2 Å². The van der Waals surface area contributed by atoms with Crippen LogP contribution in [0.15, 0.2) is 24.3 Å². The maximum absolute atomic E-state index is 12.8. The number of rotatable bonds is 3. The minimum atomic E-state index is -3.15. The Balaban J connectivity index is 1.33. The fourth-order valence-corrected chi connectivity index (χ4v) is 5.70. The molecule has 2 aliphatic heterocycles. The molecule has 0 radical (unpaired) electrons. The lowest BCUT2D eigenvalue weighted by molar-refractivity contribution is -0.137. The van der Waals surface area contributed by atoms with E-state index in [0.717, 1.165) is 23.7 Å². The van der Waals surface area contributed by atoms with Crippen molar-refractivity contribution in [2.24, 2.45) is 5.92 Å². The van der Waals surface area contributed by atoms with Crippen molar-refractivity contribution in [3.8, 4) is 0 Å². The number of benzene rings is 1. The summed E-state index contributed by atoms with van der Waals surface area (Å²) in [4.78, 5) is 21.7. The number of aromatic nitrogens is 1. The van der Waals surface area contributed by atoms with Gasteiger partial charge in [0.15, 0.2) is 5.13 Å². The highest BCUT2D eigenvalue weighted by atomic mass is 32.2. The van der Waals surface area contributed by atoms with Crippen molar-refractivity contribution in [1.82, 2.24) is 14.2 Å². The van der Waals surface area contributed by atoms with Gasteiger partial charge in [-0.05, 0) is 25.0 Å². The van der Waals surface area contributed by atoms with Crippen molar-refractivity contribution in [3.05, 3.63) is 24.3 Å². The van der Waals surface area contributed by atoms with Gasteiger partial charge in [-0.3, -0.25) is 4.79 Å². The number of amides is 1. The minimum Gasteiger partial charge on any atom is -0.345 e. The van der Waals surface area contributed by atoms with E-state index in [4.69, 9.17) is 4.98 Å². The second-order valence-corrected chi connectivity index (χ2v) is 10.2. The fraction of sp³-hybridized carbons (Fsp3) is 0.556. The van der Waals surface area contributed by atoms with Gasteiger partial charge in [-0.15, -0.1) is 0 Å². The summed E-state index contributed by atoms with van der Waals surface area (Å²) in [5, 5.41) is 1.02. The molecule has 2 fully saturated rings. The molecule has 1 aromatic carbocycles.